The number of pyridine rings is 1. The Morgan fingerprint density at radius 3 is 2.62 bits per heavy atom. The van der Waals surface area contributed by atoms with Crippen LogP contribution in [0.15, 0.2) is 30.3 Å². The number of aromatic nitrogens is 1. The first-order valence-electron chi connectivity index (χ1n) is 8.27. The molecule has 0 bridgehead atoms. The lowest BCUT2D eigenvalue weighted by Gasteiger charge is -2.27. The van der Waals surface area contributed by atoms with E-state index in [1.54, 1.807) is 0 Å². The molecule has 2 atom stereocenters. The molecule has 2 aromatic rings. The van der Waals surface area contributed by atoms with Crippen molar-refractivity contribution >= 4 is 10.9 Å². The van der Waals surface area contributed by atoms with Crippen molar-refractivity contribution in [2.45, 2.75) is 53.0 Å². The van der Waals surface area contributed by atoms with Gasteiger partial charge in [-0.25, -0.2) is 0 Å². The highest BCUT2D eigenvalue weighted by molar-refractivity contribution is 5.82. The third-order valence-electron chi connectivity index (χ3n) is 4.14. The Morgan fingerprint density at radius 1 is 1.14 bits per heavy atom. The van der Waals surface area contributed by atoms with Gasteiger partial charge in [-0.05, 0) is 49.9 Å². The molecule has 0 fully saturated rings. The fourth-order valence-corrected chi connectivity index (χ4v) is 3.14. The second-order valence-electron chi connectivity index (χ2n) is 6.07. The summed E-state index contributed by atoms with van der Waals surface area (Å²) in [6.07, 6.45) is 3.64. The molecule has 2 rings (SSSR count). The molecule has 114 valence electrons. The summed E-state index contributed by atoms with van der Waals surface area (Å²) in [4.78, 5) is 4.68. The van der Waals surface area contributed by atoms with Gasteiger partial charge in [0, 0.05) is 17.1 Å². The quantitative estimate of drug-likeness (QED) is 0.772. The largest absolute Gasteiger partial charge is 0.310 e. The molecule has 21 heavy (non-hydrogen) atoms. The molecule has 1 aromatic carbocycles. The minimum Gasteiger partial charge on any atom is -0.310 e. The summed E-state index contributed by atoms with van der Waals surface area (Å²) in [6.45, 7) is 10.0. The Morgan fingerprint density at radius 2 is 1.90 bits per heavy atom. The van der Waals surface area contributed by atoms with Gasteiger partial charge in [0.1, 0.15) is 0 Å². The van der Waals surface area contributed by atoms with E-state index in [1.807, 2.05) is 0 Å². The summed E-state index contributed by atoms with van der Waals surface area (Å²) in [7, 11) is 0. The lowest BCUT2D eigenvalue weighted by molar-refractivity contribution is 0.365. The van der Waals surface area contributed by atoms with E-state index in [4.69, 9.17) is 0 Å². The number of nitrogens with one attached hydrogen (secondary N) is 1. The van der Waals surface area contributed by atoms with Crippen LogP contribution in [0.5, 0.6) is 0 Å². The number of para-hydroxylation sites is 1. The van der Waals surface area contributed by atoms with Crippen LogP contribution in [0, 0.1) is 12.8 Å². The maximum absolute atomic E-state index is 4.68. The van der Waals surface area contributed by atoms with Crippen molar-refractivity contribution < 1.29 is 0 Å². The molecule has 0 saturated carbocycles. The number of benzene rings is 1. The highest BCUT2D eigenvalue weighted by atomic mass is 14.9. The zero-order valence-electron chi connectivity index (χ0n) is 13.8. The molecule has 0 spiro atoms. The predicted octanol–water partition coefficient (Wildman–Crippen LogP) is 5.02. The minimum atomic E-state index is 0.413. The van der Waals surface area contributed by atoms with Gasteiger partial charge in [0.25, 0.3) is 0 Å². The molecule has 0 aliphatic carbocycles. The van der Waals surface area contributed by atoms with E-state index in [1.165, 1.54) is 23.8 Å². The molecule has 0 aliphatic rings. The fourth-order valence-electron chi connectivity index (χ4n) is 3.14. The van der Waals surface area contributed by atoms with Gasteiger partial charge in [0.15, 0.2) is 0 Å². The van der Waals surface area contributed by atoms with E-state index < -0.39 is 0 Å². The van der Waals surface area contributed by atoms with Crippen LogP contribution >= 0.6 is 0 Å². The van der Waals surface area contributed by atoms with Gasteiger partial charge in [0.05, 0.1) is 5.52 Å². The van der Waals surface area contributed by atoms with Crippen molar-refractivity contribution in [2.24, 2.45) is 5.92 Å². The third-order valence-corrected chi connectivity index (χ3v) is 4.14. The maximum Gasteiger partial charge on any atom is 0.0708 e. The van der Waals surface area contributed by atoms with Crippen LogP contribution in [0.1, 0.15) is 57.3 Å². The van der Waals surface area contributed by atoms with Gasteiger partial charge in [-0.15, -0.1) is 0 Å². The first-order valence-corrected chi connectivity index (χ1v) is 8.27. The van der Waals surface area contributed by atoms with Crippen LogP contribution in [0.3, 0.4) is 0 Å². The van der Waals surface area contributed by atoms with Crippen LogP contribution in [0.2, 0.25) is 0 Å². The number of aryl methyl sites for hydroxylation is 1. The third kappa shape index (κ3) is 3.82. The number of rotatable bonds is 7. The van der Waals surface area contributed by atoms with Gasteiger partial charge in [-0.2, -0.15) is 0 Å². The van der Waals surface area contributed by atoms with Crippen molar-refractivity contribution in [3.8, 4) is 0 Å². The maximum atomic E-state index is 4.68. The second kappa shape index (κ2) is 7.56. The average molecular weight is 284 g/mol. The van der Waals surface area contributed by atoms with Crippen LogP contribution in [0.25, 0.3) is 10.9 Å². The number of fused-ring (bicyclic) bond motifs is 1. The topological polar surface area (TPSA) is 24.9 Å². The Kier molecular flexibility index (Phi) is 5.75. The SMILES string of the molecule is CCCNC(c1cc(C)nc2ccccc12)C(C)CCC. The van der Waals surface area contributed by atoms with E-state index in [2.05, 4.69) is 68.3 Å². The smallest absolute Gasteiger partial charge is 0.0708 e. The predicted molar refractivity (Wildman–Crippen MR) is 91.6 cm³/mol. The first kappa shape index (κ1) is 16.0. The summed E-state index contributed by atoms with van der Waals surface area (Å²) >= 11 is 0. The second-order valence-corrected chi connectivity index (χ2v) is 6.07. The molecule has 2 heteroatoms. The monoisotopic (exact) mass is 284 g/mol. The zero-order chi connectivity index (χ0) is 15.2. The van der Waals surface area contributed by atoms with Crippen molar-refractivity contribution in [3.05, 3.63) is 41.6 Å². The van der Waals surface area contributed by atoms with Crippen LogP contribution in [-0.4, -0.2) is 11.5 Å². The van der Waals surface area contributed by atoms with E-state index in [0.717, 1.165) is 24.2 Å². The standard InChI is InChI=1S/C19H28N2/c1-5-9-14(3)19(20-12-6-2)17-13-15(4)21-18-11-8-7-10-16(17)18/h7-8,10-11,13-14,19-20H,5-6,9,12H2,1-4H3. The average Bonchev–Trinajstić information content (AvgIpc) is 2.47. The number of hydrogen-bond acceptors (Lipinski definition) is 2. The lowest BCUT2D eigenvalue weighted by Crippen LogP contribution is -2.28. The molecule has 0 amide bonds. The highest BCUT2D eigenvalue weighted by Crippen LogP contribution is 2.31. The minimum absolute atomic E-state index is 0.413. The summed E-state index contributed by atoms with van der Waals surface area (Å²) in [5.41, 5.74) is 3.63. The lowest BCUT2D eigenvalue weighted by atomic mass is 9.88. The van der Waals surface area contributed by atoms with Gasteiger partial charge >= 0.3 is 0 Å². The van der Waals surface area contributed by atoms with Gasteiger partial charge in [-0.3, -0.25) is 4.98 Å². The van der Waals surface area contributed by atoms with E-state index >= 15 is 0 Å². The summed E-state index contributed by atoms with van der Waals surface area (Å²) < 4.78 is 0. The molecule has 1 aromatic heterocycles. The van der Waals surface area contributed by atoms with Crippen LogP contribution in [0.4, 0.5) is 0 Å². The molecule has 0 saturated heterocycles. The Hall–Kier alpha value is -1.41. The Balaban J connectivity index is 2.47. The molecular formula is C19H28N2. The fraction of sp³-hybridized carbons (Fsp3) is 0.526. The summed E-state index contributed by atoms with van der Waals surface area (Å²) in [5, 5.41) is 5.05. The number of hydrogen-bond donors (Lipinski definition) is 1. The Bertz CT molecular complexity index is 577. The Labute approximate surface area is 129 Å². The van der Waals surface area contributed by atoms with Gasteiger partial charge < -0.3 is 5.32 Å². The van der Waals surface area contributed by atoms with Crippen molar-refractivity contribution in [3.63, 3.8) is 0 Å². The van der Waals surface area contributed by atoms with Crippen LogP contribution < -0.4 is 5.32 Å². The van der Waals surface area contributed by atoms with Gasteiger partial charge in [-0.1, -0.05) is 45.4 Å². The van der Waals surface area contributed by atoms with Crippen molar-refractivity contribution in [2.75, 3.05) is 6.54 Å². The highest BCUT2D eigenvalue weighted by Gasteiger charge is 2.20. The summed E-state index contributed by atoms with van der Waals surface area (Å²) in [5.74, 6) is 0.631. The summed E-state index contributed by atoms with van der Waals surface area (Å²) in [6, 6.07) is 11.2. The molecule has 1 heterocycles. The van der Waals surface area contributed by atoms with E-state index in [-0.39, 0.29) is 0 Å². The molecule has 2 unspecified atom stereocenters. The molecule has 1 N–H and O–H groups in total. The molecular weight excluding hydrogens is 256 g/mol. The van der Waals surface area contributed by atoms with Crippen molar-refractivity contribution in [1.29, 1.82) is 0 Å². The number of nitrogens with zero attached hydrogens (tertiary/aromatic N) is 1. The van der Waals surface area contributed by atoms with E-state index in [0.29, 0.717) is 12.0 Å². The van der Waals surface area contributed by atoms with Crippen LogP contribution in [-0.2, 0) is 0 Å². The van der Waals surface area contributed by atoms with E-state index in [9.17, 15) is 0 Å². The zero-order valence-corrected chi connectivity index (χ0v) is 13.8. The van der Waals surface area contributed by atoms with Crippen molar-refractivity contribution in [1.82, 2.24) is 10.3 Å². The molecule has 2 nitrogen and oxygen atoms in total. The molecule has 0 aliphatic heterocycles. The molecule has 0 radical (unpaired) electrons. The van der Waals surface area contributed by atoms with Gasteiger partial charge in [0.2, 0.25) is 0 Å². The normalized spacial score (nSPS) is 14.3. The first-order chi connectivity index (χ1) is 10.2.